The van der Waals surface area contributed by atoms with Gasteiger partial charge in [0.25, 0.3) is 5.89 Å². The van der Waals surface area contributed by atoms with Gasteiger partial charge in [0.05, 0.1) is 4.47 Å². The molecule has 0 fully saturated rings. The molecule has 3 rings (SSSR count). The van der Waals surface area contributed by atoms with Crippen molar-refractivity contribution in [3.05, 3.63) is 46.7 Å². The van der Waals surface area contributed by atoms with Gasteiger partial charge in [0.2, 0.25) is 5.82 Å². The molecule has 3 aromatic rings. The van der Waals surface area contributed by atoms with Crippen LogP contribution in [-0.4, -0.2) is 20.2 Å². The van der Waals surface area contributed by atoms with Crippen molar-refractivity contribution in [3.63, 3.8) is 0 Å². The van der Waals surface area contributed by atoms with Crippen LogP contribution in [0.2, 0.25) is 0 Å². The highest BCUT2D eigenvalue weighted by Crippen LogP contribution is 2.30. The van der Waals surface area contributed by atoms with Gasteiger partial charge in [0.15, 0.2) is 0 Å². The zero-order valence-electron chi connectivity index (χ0n) is 10.5. The lowest BCUT2D eigenvalue weighted by molar-refractivity contribution is 0.431. The lowest BCUT2D eigenvalue weighted by Gasteiger charge is -1.98. The van der Waals surface area contributed by atoms with E-state index in [0.29, 0.717) is 21.8 Å². The average molecular weight is 332 g/mol. The first-order chi connectivity index (χ1) is 9.65. The number of hydrogen-bond donors (Lipinski definition) is 1. The molecule has 5 nitrogen and oxygen atoms in total. The molecular weight excluding hydrogens is 322 g/mol. The number of halogens is 1. The van der Waals surface area contributed by atoms with Crippen LogP contribution in [0.1, 0.15) is 5.56 Å². The van der Waals surface area contributed by atoms with Crippen LogP contribution in [0.3, 0.4) is 0 Å². The highest BCUT2D eigenvalue weighted by atomic mass is 79.9. The Kier molecular flexibility index (Phi) is 3.23. The van der Waals surface area contributed by atoms with Crippen LogP contribution in [0.15, 0.2) is 45.7 Å². The summed E-state index contributed by atoms with van der Waals surface area (Å²) in [6.07, 6.45) is 3.41. The number of aryl methyl sites for hydroxylation is 1. The summed E-state index contributed by atoms with van der Waals surface area (Å²) < 4.78 is 5.85. The molecule has 0 aliphatic heterocycles. The van der Waals surface area contributed by atoms with Gasteiger partial charge in [-0.2, -0.15) is 4.98 Å². The average Bonchev–Trinajstić information content (AvgIpc) is 2.92. The van der Waals surface area contributed by atoms with Crippen LogP contribution in [0.4, 0.5) is 0 Å². The molecule has 1 aromatic carbocycles. The summed E-state index contributed by atoms with van der Waals surface area (Å²) in [5.41, 5.74) is 2.50. The Labute approximate surface area is 123 Å². The molecule has 20 heavy (non-hydrogen) atoms. The second kappa shape index (κ2) is 5.05. The Morgan fingerprint density at radius 3 is 2.85 bits per heavy atom. The summed E-state index contributed by atoms with van der Waals surface area (Å²) in [4.78, 5) is 8.40. The Morgan fingerprint density at radius 2 is 2.10 bits per heavy atom. The highest BCUT2D eigenvalue weighted by molar-refractivity contribution is 9.10. The third-order valence-corrected chi connectivity index (χ3v) is 3.57. The maximum atomic E-state index is 9.68. The lowest BCUT2D eigenvalue weighted by Crippen LogP contribution is -1.86. The van der Waals surface area contributed by atoms with Crippen LogP contribution >= 0.6 is 15.9 Å². The largest absolute Gasteiger partial charge is 0.507 e. The molecule has 6 heteroatoms. The Bertz CT molecular complexity index is 771. The van der Waals surface area contributed by atoms with Gasteiger partial charge in [0.1, 0.15) is 5.75 Å². The van der Waals surface area contributed by atoms with Crippen LogP contribution in [0.5, 0.6) is 5.75 Å². The molecule has 2 heterocycles. The van der Waals surface area contributed by atoms with Crippen molar-refractivity contribution in [2.24, 2.45) is 0 Å². The third kappa shape index (κ3) is 2.30. The number of rotatable bonds is 2. The van der Waals surface area contributed by atoms with E-state index in [0.717, 1.165) is 11.1 Å². The van der Waals surface area contributed by atoms with E-state index in [1.165, 1.54) is 0 Å². The van der Waals surface area contributed by atoms with E-state index in [9.17, 15) is 5.11 Å². The van der Waals surface area contributed by atoms with Gasteiger partial charge in [-0.3, -0.25) is 4.98 Å². The van der Waals surface area contributed by atoms with Crippen LogP contribution in [0, 0.1) is 6.92 Å². The minimum absolute atomic E-state index is 0.125. The summed E-state index contributed by atoms with van der Waals surface area (Å²) in [5, 5.41) is 13.6. The first-order valence-corrected chi connectivity index (χ1v) is 6.68. The van der Waals surface area contributed by atoms with Crippen LogP contribution in [0.25, 0.3) is 22.8 Å². The molecule has 100 valence electrons. The number of pyridine rings is 1. The molecule has 0 saturated carbocycles. The minimum Gasteiger partial charge on any atom is -0.507 e. The number of hydrogen-bond acceptors (Lipinski definition) is 5. The van der Waals surface area contributed by atoms with Crippen molar-refractivity contribution in [3.8, 4) is 28.6 Å². The monoisotopic (exact) mass is 331 g/mol. The molecular formula is C14H10BrN3O2. The van der Waals surface area contributed by atoms with E-state index in [4.69, 9.17) is 4.52 Å². The fourth-order valence-electron chi connectivity index (χ4n) is 1.79. The third-order valence-electron chi connectivity index (χ3n) is 2.90. The zero-order valence-corrected chi connectivity index (χ0v) is 12.1. The number of phenols is 1. The fourth-order valence-corrected chi connectivity index (χ4v) is 2.04. The molecule has 0 spiro atoms. The molecule has 0 amide bonds. The summed E-state index contributed by atoms with van der Waals surface area (Å²) in [6, 6.07) is 6.97. The summed E-state index contributed by atoms with van der Waals surface area (Å²) in [6.45, 7) is 1.96. The van der Waals surface area contributed by atoms with Crippen LogP contribution in [-0.2, 0) is 0 Å². The first-order valence-electron chi connectivity index (χ1n) is 5.89. The van der Waals surface area contributed by atoms with Crippen molar-refractivity contribution < 1.29 is 9.63 Å². The predicted molar refractivity (Wildman–Crippen MR) is 77.1 cm³/mol. The second-order valence-corrected chi connectivity index (χ2v) is 5.13. The van der Waals surface area contributed by atoms with Gasteiger partial charge < -0.3 is 9.63 Å². The van der Waals surface area contributed by atoms with Crippen molar-refractivity contribution in [2.75, 3.05) is 0 Å². The maximum absolute atomic E-state index is 9.68. The molecule has 0 aliphatic carbocycles. The molecule has 1 N–H and O–H groups in total. The summed E-state index contributed by atoms with van der Waals surface area (Å²) in [5.74, 6) is 0.957. The van der Waals surface area contributed by atoms with E-state index in [1.807, 2.05) is 13.0 Å². The van der Waals surface area contributed by atoms with Crippen molar-refractivity contribution in [1.82, 2.24) is 15.1 Å². The number of aromatic nitrogens is 3. The molecule has 0 saturated heterocycles. The number of phenolic OH excluding ortho intramolecular Hbond substituents is 1. The van der Waals surface area contributed by atoms with Crippen molar-refractivity contribution >= 4 is 15.9 Å². The topological polar surface area (TPSA) is 72.0 Å². The second-order valence-electron chi connectivity index (χ2n) is 4.28. The molecule has 0 bridgehead atoms. The van der Waals surface area contributed by atoms with Gasteiger partial charge in [-0.1, -0.05) is 5.16 Å². The number of benzene rings is 1. The van der Waals surface area contributed by atoms with Gasteiger partial charge in [-0.15, -0.1) is 0 Å². The summed E-state index contributed by atoms with van der Waals surface area (Å²) >= 11 is 3.23. The smallest absolute Gasteiger partial charge is 0.258 e. The molecule has 0 unspecified atom stereocenters. The quantitative estimate of drug-likeness (QED) is 0.777. The van der Waals surface area contributed by atoms with Gasteiger partial charge in [-0.25, -0.2) is 0 Å². The van der Waals surface area contributed by atoms with Crippen molar-refractivity contribution in [1.29, 1.82) is 0 Å². The fraction of sp³-hybridized carbons (Fsp3) is 0.0714. The number of aromatic hydroxyl groups is 1. The van der Waals surface area contributed by atoms with E-state index >= 15 is 0 Å². The summed E-state index contributed by atoms with van der Waals surface area (Å²) in [7, 11) is 0. The van der Waals surface area contributed by atoms with Crippen LogP contribution < -0.4 is 0 Å². The van der Waals surface area contributed by atoms with E-state index in [-0.39, 0.29) is 5.75 Å². The molecule has 0 radical (unpaired) electrons. The first kappa shape index (κ1) is 12.8. The Balaban J connectivity index is 2.02. The van der Waals surface area contributed by atoms with E-state index in [2.05, 4.69) is 31.1 Å². The number of nitrogens with zero attached hydrogens (tertiary/aromatic N) is 3. The molecule has 2 aromatic heterocycles. The molecule has 0 aliphatic rings. The van der Waals surface area contributed by atoms with E-state index < -0.39 is 0 Å². The Hall–Kier alpha value is -2.21. The van der Waals surface area contributed by atoms with Gasteiger partial charge in [-0.05, 0) is 52.7 Å². The van der Waals surface area contributed by atoms with E-state index in [1.54, 1.807) is 30.6 Å². The van der Waals surface area contributed by atoms with Crippen molar-refractivity contribution in [2.45, 2.75) is 6.92 Å². The zero-order chi connectivity index (χ0) is 14.1. The normalized spacial score (nSPS) is 10.7. The van der Waals surface area contributed by atoms with Gasteiger partial charge >= 0.3 is 0 Å². The lowest BCUT2D eigenvalue weighted by atomic mass is 10.1. The molecule has 0 atom stereocenters. The highest BCUT2D eigenvalue weighted by Gasteiger charge is 2.13. The Morgan fingerprint density at radius 1 is 1.25 bits per heavy atom. The maximum Gasteiger partial charge on any atom is 0.258 e. The standard InChI is InChI=1S/C14H10BrN3O2/c1-8-4-5-16-7-10(8)13-17-14(20-18-13)9-2-3-11(15)12(19)6-9/h2-7,19H,1H3. The van der Waals surface area contributed by atoms with Gasteiger partial charge in [0, 0.05) is 23.5 Å². The predicted octanol–water partition coefficient (Wildman–Crippen LogP) is 3.58. The minimum atomic E-state index is 0.125. The SMILES string of the molecule is Cc1ccncc1-c1noc(-c2ccc(Br)c(O)c2)n1.